The normalized spacial score (nSPS) is 23.3. The third kappa shape index (κ3) is 4.16. The van der Waals surface area contributed by atoms with Crippen LogP contribution >= 0.6 is 0 Å². The lowest BCUT2D eigenvalue weighted by Crippen LogP contribution is -2.55. The van der Waals surface area contributed by atoms with Gasteiger partial charge in [-0.3, -0.25) is 0 Å². The lowest BCUT2D eigenvalue weighted by Gasteiger charge is -2.61. The van der Waals surface area contributed by atoms with Crippen LogP contribution in [0.3, 0.4) is 0 Å². The Bertz CT molecular complexity index is 2990. The number of benzene rings is 7. The van der Waals surface area contributed by atoms with Crippen LogP contribution < -0.4 is 4.90 Å². The van der Waals surface area contributed by atoms with Crippen molar-refractivity contribution >= 4 is 60.9 Å². The zero-order valence-corrected chi connectivity index (χ0v) is 30.5. The lowest BCUT2D eigenvalue weighted by molar-refractivity contribution is -0.0399. The molecule has 0 N–H and O–H groups in total. The smallest absolute Gasteiger partial charge is 0.137 e. The molecule has 0 unspecified atom stereocenters. The minimum atomic E-state index is 0.164. The summed E-state index contributed by atoms with van der Waals surface area (Å²) in [5.41, 5.74) is 15.7. The van der Waals surface area contributed by atoms with Gasteiger partial charge in [-0.25, -0.2) is 0 Å². The van der Waals surface area contributed by atoms with Gasteiger partial charge in [0.25, 0.3) is 0 Å². The van der Waals surface area contributed by atoms with Gasteiger partial charge in [-0.1, -0.05) is 84.9 Å². The molecular formula is C52H39NO2. The van der Waals surface area contributed by atoms with Crippen LogP contribution in [0.15, 0.2) is 160 Å². The van der Waals surface area contributed by atoms with Gasteiger partial charge in [0, 0.05) is 50.1 Å². The first-order valence-electron chi connectivity index (χ1n) is 20.2. The van der Waals surface area contributed by atoms with Crippen LogP contribution in [0.25, 0.3) is 66.1 Å². The van der Waals surface area contributed by atoms with Gasteiger partial charge >= 0.3 is 0 Å². The minimum Gasteiger partial charge on any atom is -0.456 e. The third-order valence-electron chi connectivity index (χ3n) is 14.3. The maximum absolute atomic E-state index is 6.41. The molecule has 4 saturated carbocycles. The van der Waals surface area contributed by atoms with E-state index in [0.717, 1.165) is 84.6 Å². The third-order valence-corrected chi connectivity index (χ3v) is 14.3. The Hall–Kier alpha value is -6.06. The Kier molecular flexibility index (Phi) is 6.06. The topological polar surface area (TPSA) is 29.5 Å². The molecule has 4 bridgehead atoms. The number of fused-ring (bicyclic) bond motifs is 9. The standard InChI is InChI=1S/C52H39NO2/c1-4-10-46-40(7-1)41-20-15-34(28-47(41)52(46)35-24-31-23-32(26-35)27-36(52)25-31)33-13-16-37(17-14-33)53(38-19-22-50-45(29-38)43-9-3-6-12-49(43)54-50)39-18-21-44-42-8-2-5-11-48(42)55-51(44)30-39/h1-22,28-32,35-36H,23-27H2. The van der Waals surface area contributed by atoms with E-state index in [4.69, 9.17) is 8.83 Å². The molecule has 0 atom stereocenters. The van der Waals surface area contributed by atoms with Gasteiger partial charge in [0.05, 0.1) is 0 Å². The molecule has 2 aromatic heterocycles. The number of furan rings is 2. The van der Waals surface area contributed by atoms with Gasteiger partial charge in [-0.15, -0.1) is 0 Å². The van der Waals surface area contributed by atoms with Gasteiger partial charge in [0.2, 0.25) is 0 Å². The van der Waals surface area contributed by atoms with E-state index in [-0.39, 0.29) is 5.41 Å². The fourth-order valence-corrected chi connectivity index (χ4v) is 12.3. The van der Waals surface area contributed by atoms with Crippen molar-refractivity contribution in [1.29, 1.82) is 0 Å². The molecule has 9 aromatic rings. The van der Waals surface area contributed by atoms with Crippen LogP contribution in [0.2, 0.25) is 0 Å². The van der Waals surface area contributed by atoms with Gasteiger partial charge in [-0.05, 0) is 150 Å². The Labute approximate surface area is 319 Å². The van der Waals surface area contributed by atoms with Crippen LogP contribution in [0.4, 0.5) is 17.1 Å². The number of para-hydroxylation sites is 2. The van der Waals surface area contributed by atoms with Crippen LogP contribution in [-0.2, 0) is 5.41 Å². The summed E-state index contributed by atoms with van der Waals surface area (Å²) in [6.07, 6.45) is 7.07. The summed E-state index contributed by atoms with van der Waals surface area (Å²) < 4.78 is 12.7. The SMILES string of the molecule is c1ccc2c(c1)-c1ccc(-c3ccc(N(c4ccc5c(c4)oc4ccccc45)c4ccc5oc6ccccc6c5c4)cc3)cc1C21C2CC3CC(C2)CC1C3. The summed E-state index contributed by atoms with van der Waals surface area (Å²) in [5.74, 6) is 3.38. The molecule has 0 aliphatic heterocycles. The first kappa shape index (κ1) is 30.3. The number of hydrogen-bond donors (Lipinski definition) is 0. The molecule has 5 aliphatic carbocycles. The highest BCUT2D eigenvalue weighted by Crippen LogP contribution is 2.69. The van der Waals surface area contributed by atoms with Gasteiger partial charge < -0.3 is 13.7 Å². The van der Waals surface area contributed by atoms with Crippen LogP contribution in [0.1, 0.15) is 43.2 Å². The summed E-state index contributed by atoms with van der Waals surface area (Å²) in [4.78, 5) is 2.35. The number of rotatable bonds is 4. The molecule has 1 spiro atoms. The molecule has 0 radical (unpaired) electrons. The van der Waals surface area contributed by atoms with Crippen LogP contribution in [0, 0.1) is 23.7 Å². The van der Waals surface area contributed by atoms with E-state index in [2.05, 4.69) is 132 Å². The van der Waals surface area contributed by atoms with E-state index in [1.54, 1.807) is 11.1 Å². The van der Waals surface area contributed by atoms with Crippen molar-refractivity contribution in [3.63, 3.8) is 0 Å². The Morgan fingerprint density at radius 2 is 0.964 bits per heavy atom. The second-order valence-corrected chi connectivity index (χ2v) is 16.9. The molecule has 14 rings (SSSR count). The molecule has 0 amide bonds. The average Bonchev–Trinajstić information content (AvgIpc) is 3.88. The van der Waals surface area contributed by atoms with Gasteiger partial charge in [0.15, 0.2) is 0 Å². The lowest BCUT2D eigenvalue weighted by atomic mass is 9.43. The minimum absolute atomic E-state index is 0.164. The molecule has 4 fully saturated rings. The van der Waals surface area contributed by atoms with E-state index in [1.807, 2.05) is 24.3 Å². The number of hydrogen-bond acceptors (Lipinski definition) is 3. The molecule has 5 aliphatic rings. The number of nitrogens with zero attached hydrogens (tertiary/aromatic N) is 1. The molecule has 2 heterocycles. The molecule has 0 saturated heterocycles. The maximum atomic E-state index is 6.41. The van der Waals surface area contributed by atoms with Gasteiger partial charge in [0.1, 0.15) is 22.3 Å². The quantitative estimate of drug-likeness (QED) is 0.182. The average molecular weight is 710 g/mol. The van der Waals surface area contributed by atoms with E-state index < -0.39 is 0 Å². The second kappa shape index (κ2) is 11.0. The second-order valence-electron chi connectivity index (χ2n) is 16.9. The van der Waals surface area contributed by atoms with E-state index >= 15 is 0 Å². The first-order chi connectivity index (χ1) is 27.2. The summed E-state index contributed by atoms with van der Waals surface area (Å²) in [6, 6.07) is 55.8. The summed E-state index contributed by atoms with van der Waals surface area (Å²) in [5, 5.41) is 4.50. The van der Waals surface area contributed by atoms with Crippen molar-refractivity contribution < 1.29 is 8.83 Å². The van der Waals surface area contributed by atoms with Crippen LogP contribution in [0.5, 0.6) is 0 Å². The molecule has 3 nitrogen and oxygen atoms in total. The summed E-state index contributed by atoms with van der Waals surface area (Å²) in [7, 11) is 0. The largest absolute Gasteiger partial charge is 0.456 e. The zero-order valence-electron chi connectivity index (χ0n) is 30.5. The Balaban J connectivity index is 0.941. The fraction of sp³-hybridized carbons (Fsp3) is 0.192. The Morgan fingerprint density at radius 3 is 1.75 bits per heavy atom. The van der Waals surface area contributed by atoms with Crippen molar-refractivity contribution in [2.45, 2.75) is 37.5 Å². The van der Waals surface area contributed by atoms with Crippen molar-refractivity contribution in [3.05, 3.63) is 163 Å². The highest BCUT2D eigenvalue weighted by molar-refractivity contribution is 6.08. The fourth-order valence-electron chi connectivity index (χ4n) is 12.3. The highest BCUT2D eigenvalue weighted by Gasteiger charge is 2.61. The number of anilines is 3. The summed E-state index contributed by atoms with van der Waals surface area (Å²) >= 11 is 0. The highest BCUT2D eigenvalue weighted by atomic mass is 16.3. The van der Waals surface area contributed by atoms with E-state index in [0.29, 0.717) is 0 Å². The van der Waals surface area contributed by atoms with Crippen molar-refractivity contribution in [2.24, 2.45) is 23.7 Å². The molecule has 55 heavy (non-hydrogen) atoms. The van der Waals surface area contributed by atoms with Crippen molar-refractivity contribution in [1.82, 2.24) is 0 Å². The monoisotopic (exact) mass is 709 g/mol. The Morgan fingerprint density at radius 1 is 0.400 bits per heavy atom. The van der Waals surface area contributed by atoms with Gasteiger partial charge in [-0.2, -0.15) is 0 Å². The molecule has 7 aromatic carbocycles. The summed E-state index contributed by atoms with van der Waals surface area (Å²) in [6.45, 7) is 0. The predicted octanol–water partition coefficient (Wildman–Crippen LogP) is 14.3. The van der Waals surface area contributed by atoms with Crippen LogP contribution in [-0.4, -0.2) is 0 Å². The van der Waals surface area contributed by atoms with E-state index in [1.165, 1.54) is 54.4 Å². The molecule has 264 valence electrons. The maximum Gasteiger partial charge on any atom is 0.137 e. The first-order valence-corrected chi connectivity index (χ1v) is 20.2. The van der Waals surface area contributed by atoms with E-state index in [9.17, 15) is 0 Å². The van der Waals surface area contributed by atoms with Crippen molar-refractivity contribution in [3.8, 4) is 22.3 Å². The molecule has 3 heteroatoms. The molecular weight excluding hydrogens is 671 g/mol. The predicted molar refractivity (Wildman–Crippen MR) is 224 cm³/mol. The van der Waals surface area contributed by atoms with Crippen molar-refractivity contribution in [2.75, 3.05) is 4.90 Å². The zero-order chi connectivity index (χ0) is 35.8.